The summed E-state index contributed by atoms with van der Waals surface area (Å²) in [6, 6.07) is -0.871. The van der Waals surface area contributed by atoms with E-state index >= 15 is 0 Å². The number of aliphatic hydroxyl groups excluding tert-OH is 1. The first-order valence-electron chi connectivity index (χ1n) is 4.91. The smallest absolute Gasteiger partial charge is 0.326 e. The highest BCUT2D eigenvalue weighted by molar-refractivity contribution is 5.84. The highest BCUT2D eigenvalue weighted by atomic mass is 16.4. The molecule has 1 rings (SSSR count). The maximum Gasteiger partial charge on any atom is 0.326 e. The molecular formula is C9H16N2O4. The fraction of sp³-hybridized carbons (Fsp3) is 0.778. The van der Waals surface area contributed by atoms with E-state index in [9.17, 15) is 14.7 Å². The highest BCUT2D eigenvalue weighted by Crippen LogP contribution is 2.18. The zero-order valence-electron chi connectivity index (χ0n) is 8.64. The minimum atomic E-state index is -1.05. The third-order valence-electron chi connectivity index (χ3n) is 2.47. The molecule has 1 aliphatic rings. The normalized spacial score (nSPS) is 25.6. The molecule has 0 unspecified atom stereocenters. The highest BCUT2D eigenvalue weighted by Gasteiger charge is 2.38. The lowest BCUT2D eigenvalue weighted by Gasteiger charge is -2.20. The Hall–Kier alpha value is -1.14. The van der Waals surface area contributed by atoms with Crippen molar-refractivity contribution in [3.63, 3.8) is 0 Å². The number of carboxylic acids is 1. The molecule has 0 aromatic rings. The van der Waals surface area contributed by atoms with Gasteiger partial charge in [-0.2, -0.15) is 0 Å². The monoisotopic (exact) mass is 216 g/mol. The molecule has 1 fully saturated rings. The Balaban J connectivity index is 2.58. The zero-order chi connectivity index (χ0) is 11.4. The van der Waals surface area contributed by atoms with E-state index < -0.39 is 18.1 Å². The summed E-state index contributed by atoms with van der Waals surface area (Å²) in [4.78, 5) is 23.6. The summed E-state index contributed by atoms with van der Waals surface area (Å²) < 4.78 is 0. The molecule has 2 atom stereocenters. The van der Waals surface area contributed by atoms with E-state index in [2.05, 4.69) is 5.32 Å². The van der Waals surface area contributed by atoms with E-state index in [1.165, 1.54) is 4.90 Å². The molecule has 0 aliphatic carbocycles. The van der Waals surface area contributed by atoms with Crippen LogP contribution in [0, 0.1) is 0 Å². The van der Waals surface area contributed by atoms with Gasteiger partial charge in [0.05, 0.1) is 6.10 Å². The topological polar surface area (TPSA) is 89.9 Å². The van der Waals surface area contributed by atoms with Crippen LogP contribution in [-0.2, 0) is 9.59 Å². The second kappa shape index (κ2) is 5.09. The van der Waals surface area contributed by atoms with Gasteiger partial charge in [0.1, 0.15) is 6.04 Å². The summed E-state index contributed by atoms with van der Waals surface area (Å²) in [6.07, 6.45) is -0.335. The van der Waals surface area contributed by atoms with Crippen molar-refractivity contribution in [3.8, 4) is 0 Å². The van der Waals surface area contributed by atoms with Crippen molar-refractivity contribution in [2.24, 2.45) is 0 Å². The third kappa shape index (κ3) is 2.90. The number of aliphatic carboxylic acids is 1. The van der Waals surface area contributed by atoms with E-state index in [4.69, 9.17) is 5.11 Å². The molecule has 1 amide bonds. The van der Waals surface area contributed by atoms with Gasteiger partial charge in [-0.3, -0.25) is 4.79 Å². The first kappa shape index (κ1) is 11.9. The molecule has 0 bridgehead atoms. The Bertz CT molecular complexity index is 256. The lowest BCUT2D eigenvalue weighted by Crippen LogP contribution is -2.41. The number of rotatable bonds is 4. The van der Waals surface area contributed by atoms with E-state index in [1.54, 1.807) is 7.05 Å². The average Bonchev–Trinajstić information content (AvgIpc) is 2.57. The summed E-state index contributed by atoms with van der Waals surface area (Å²) in [5, 5.41) is 21.0. The Morgan fingerprint density at radius 2 is 2.20 bits per heavy atom. The van der Waals surface area contributed by atoms with Gasteiger partial charge >= 0.3 is 5.97 Å². The molecule has 1 saturated heterocycles. The van der Waals surface area contributed by atoms with Crippen LogP contribution in [0.3, 0.4) is 0 Å². The van der Waals surface area contributed by atoms with Gasteiger partial charge in [0, 0.05) is 25.9 Å². The molecule has 1 heterocycles. The summed E-state index contributed by atoms with van der Waals surface area (Å²) in [6.45, 7) is 0.636. The van der Waals surface area contributed by atoms with Crippen molar-refractivity contribution in [1.29, 1.82) is 0 Å². The van der Waals surface area contributed by atoms with Gasteiger partial charge in [0.25, 0.3) is 0 Å². The summed E-state index contributed by atoms with van der Waals surface area (Å²) in [7, 11) is 1.72. The molecule has 0 radical (unpaired) electrons. The standard InChI is InChI=1S/C9H16N2O4/c1-10-3-2-8(13)11-5-6(12)4-7(11)9(14)15/h6-7,10,12H,2-5H2,1H3,(H,14,15)/t6-,7+/m1/s1. The zero-order valence-corrected chi connectivity index (χ0v) is 8.64. The quantitative estimate of drug-likeness (QED) is 0.540. The van der Waals surface area contributed by atoms with E-state index in [0.29, 0.717) is 6.54 Å². The van der Waals surface area contributed by atoms with Crippen LogP contribution in [0.2, 0.25) is 0 Å². The van der Waals surface area contributed by atoms with Crippen LogP contribution < -0.4 is 5.32 Å². The van der Waals surface area contributed by atoms with E-state index in [0.717, 1.165) is 0 Å². The second-order valence-corrected chi connectivity index (χ2v) is 3.64. The Kier molecular flexibility index (Phi) is 4.05. The summed E-state index contributed by atoms with van der Waals surface area (Å²) in [5.74, 6) is -1.28. The van der Waals surface area contributed by atoms with Gasteiger partial charge in [-0.1, -0.05) is 0 Å². The molecule has 0 aromatic heterocycles. The van der Waals surface area contributed by atoms with Crippen molar-refractivity contribution in [2.75, 3.05) is 20.1 Å². The van der Waals surface area contributed by atoms with Gasteiger partial charge < -0.3 is 20.4 Å². The van der Waals surface area contributed by atoms with Crippen molar-refractivity contribution < 1.29 is 19.8 Å². The third-order valence-corrected chi connectivity index (χ3v) is 2.47. The molecule has 3 N–H and O–H groups in total. The fourth-order valence-corrected chi connectivity index (χ4v) is 1.70. The number of β-amino-alcohol motifs (C(OH)–C–C–N with tert-alkyl or cyclic N) is 1. The second-order valence-electron chi connectivity index (χ2n) is 3.64. The van der Waals surface area contributed by atoms with Crippen LogP contribution in [-0.4, -0.2) is 59.3 Å². The Morgan fingerprint density at radius 3 is 2.73 bits per heavy atom. The Morgan fingerprint density at radius 1 is 1.53 bits per heavy atom. The lowest BCUT2D eigenvalue weighted by atomic mass is 10.2. The molecule has 0 saturated carbocycles. The van der Waals surface area contributed by atoms with Gasteiger partial charge in [-0.05, 0) is 7.05 Å². The van der Waals surface area contributed by atoms with Gasteiger partial charge in [0.2, 0.25) is 5.91 Å². The lowest BCUT2D eigenvalue weighted by molar-refractivity contribution is -0.148. The van der Waals surface area contributed by atoms with Gasteiger partial charge in [-0.15, -0.1) is 0 Å². The van der Waals surface area contributed by atoms with Gasteiger partial charge in [0.15, 0.2) is 0 Å². The van der Waals surface area contributed by atoms with Crippen LogP contribution in [0.15, 0.2) is 0 Å². The summed E-state index contributed by atoms with van der Waals surface area (Å²) >= 11 is 0. The molecule has 6 nitrogen and oxygen atoms in total. The number of aliphatic hydroxyl groups is 1. The number of amides is 1. The fourth-order valence-electron chi connectivity index (χ4n) is 1.70. The van der Waals surface area contributed by atoms with Crippen molar-refractivity contribution in [2.45, 2.75) is 25.0 Å². The SMILES string of the molecule is CNCCC(=O)N1C[C@H](O)C[C@H]1C(=O)O. The van der Waals surface area contributed by atoms with Crippen LogP contribution in [0.4, 0.5) is 0 Å². The molecule has 6 heteroatoms. The Labute approximate surface area is 87.9 Å². The minimum Gasteiger partial charge on any atom is -0.480 e. The molecule has 15 heavy (non-hydrogen) atoms. The van der Waals surface area contributed by atoms with Crippen LogP contribution >= 0.6 is 0 Å². The minimum absolute atomic E-state index is 0.125. The maximum absolute atomic E-state index is 11.6. The predicted octanol–water partition coefficient (Wildman–Crippen LogP) is -1.36. The average molecular weight is 216 g/mol. The first-order chi connectivity index (χ1) is 7.06. The molecule has 1 aliphatic heterocycles. The van der Waals surface area contributed by atoms with E-state index in [-0.39, 0.29) is 25.3 Å². The number of hydrogen-bond acceptors (Lipinski definition) is 4. The van der Waals surface area contributed by atoms with E-state index in [1.807, 2.05) is 0 Å². The number of carbonyl (C=O) groups excluding carboxylic acids is 1. The number of carbonyl (C=O) groups is 2. The largest absolute Gasteiger partial charge is 0.480 e. The number of carboxylic acid groups (broad SMARTS) is 1. The first-order valence-corrected chi connectivity index (χ1v) is 4.91. The molecular weight excluding hydrogens is 200 g/mol. The molecule has 0 spiro atoms. The van der Waals surface area contributed by atoms with Crippen LogP contribution in [0.5, 0.6) is 0 Å². The number of nitrogens with zero attached hydrogens (tertiary/aromatic N) is 1. The summed E-state index contributed by atoms with van der Waals surface area (Å²) in [5.41, 5.74) is 0. The van der Waals surface area contributed by atoms with Crippen molar-refractivity contribution in [3.05, 3.63) is 0 Å². The van der Waals surface area contributed by atoms with Gasteiger partial charge in [-0.25, -0.2) is 4.79 Å². The number of hydrogen-bond donors (Lipinski definition) is 3. The molecule has 86 valence electrons. The number of likely N-dealkylation sites (tertiary alicyclic amines) is 1. The molecule has 0 aromatic carbocycles. The number of nitrogens with one attached hydrogen (secondary N) is 1. The van der Waals surface area contributed by atoms with Crippen LogP contribution in [0.1, 0.15) is 12.8 Å². The predicted molar refractivity (Wildman–Crippen MR) is 52.3 cm³/mol. The maximum atomic E-state index is 11.6. The van der Waals surface area contributed by atoms with Crippen molar-refractivity contribution in [1.82, 2.24) is 10.2 Å². The van der Waals surface area contributed by atoms with Crippen LogP contribution in [0.25, 0.3) is 0 Å². The van der Waals surface area contributed by atoms with Crippen molar-refractivity contribution >= 4 is 11.9 Å².